The smallest absolute Gasteiger partial charge is 0.281 e. The van der Waals surface area contributed by atoms with Crippen LogP contribution in [0.25, 0.3) is 0 Å². The minimum atomic E-state index is -3.28. The Kier molecular flexibility index (Phi) is 4.84. The largest absolute Gasteiger partial charge is 0.348 e. The van der Waals surface area contributed by atoms with Crippen LogP contribution in [0.5, 0.6) is 0 Å². The normalized spacial score (nSPS) is 22.6. The zero-order valence-electron chi connectivity index (χ0n) is 13.2. The fraction of sp³-hybridized carbons (Fsp3) is 0.800. The molecule has 1 saturated carbocycles. The van der Waals surface area contributed by atoms with E-state index in [1.165, 1.54) is 0 Å². The third kappa shape index (κ3) is 3.36. The van der Waals surface area contributed by atoms with Crippen molar-refractivity contribution in [1.29, 1.82) is 0 Å². The van der Waals surface area contributed by atoms with Crippen LogP contribution in [0.3, 0.4) is 0 Å². The highest BCUT2D eigenvalue weighted by atomic mass is 32.2. The molecule has 1 aliphatic carbocycles. The molecule has 1 saturated heterocycles. The van der Waals surface area contributed by atoms with Gasteiger partial charge in [-0.25, -0.2) is 4.98 Å². The molecule has 1 aliphatic heterocycles. The van der Waals surface area contributed by atoms with E-state index in [0.717, 1.165) is 50.6 Å². The number of piperidine rings is 1. The topological polar surface area (TPSA) is 69.3 Å². The van der Waals surface area contributed by atoms with E-state index >= 15 is 0 Å². The number of aromatic amines is 1. The van der Waals surface area contributed by atoms with Gasteiger partial charge in [-0.2, -0.15) is 17.0 Å². The van der Waals surface area contributed by atoms with Crippen molar-refractivity contribution in [2.45, 2.75) is 51.0 Å². The van der Waals surface area contributed by atoms with E-state index in [2.05, 4.69) is 9.97 Å². The summed E-state index contributed by atoms with van der Waals surface area (Å²) in [6, 6.07) is 0.202. The number of H-pyrrole nitrogens is 1. The van der Waals surface area contributed by atoms with Crippen LogP contribution in [0.15, 0.2) is 12.5 Å². The van der Waals surface area contributed by atoms with Crippen LogP contribution in [0.2, 0.25) is 0 Å². The summed E-state index contributed by atoms with van der Waals surface area (Å²) < 4.78 is 28.8. The number of nitrogens with zero attached hydrogens (tertiary/aromatic N) is 3. The predicted octanol–water partition coefficient (Wildman–Crippen LogP) is 1.78. The molecule has 1 aromatic heterocycles. The summed E-state index contributed by atoms with van der Waals surface area (Å²) >= 11 is 0. The maximum Gasteiger partial charge on any atom is 0.281 e. The van der Waals surface area contributed by atoms with Crippen LogP contribution in [0.4, 0.5) is 0 Å². The summed E-state index contributed by atoms with van der Waals surface area (Å²) in [5, 5.41) is 0. The van der Waals surface area contributed by atoms with Crippen molar-refractivity contribution in [2.75, 3.05) is 20.1 Å². The number of nitrogens with one attached hydrogen (secondary N) is 1. The zero-order chi connectivity index (χ0) is 15.6. The van der Waals surface area contributed by atoms with Crippen molar-refractivity contribution < 1.29 is 8.42 Å². The van der Waals surface area contributed by atoms with Crippen LogP contribution >= 0.6 is 0 Å². The molecular formula is C15H26N4O2S. The van der Waals surface area contributed by atoms with Gasteiger partial charge in [0.05, 0.1) is 6.33 Å². The summed E-state index contributed by atoms with van der Waals surface area (Å²) in [5.41, 5.74) is 1.14. The van der Waals surface area contributed by atoms with Crippen LogP contribution in [0, 0.1) is 5.92 Å². The molecule has 6 nitrogen and oxygen atoms in total. The lowest BCUT2D eigenvalue weighted by Crippen LogP contribution is -2.48. The van der Waals surface area contributed by atoms with Crippen LogP contribution in [0.1, 0.15) is 44.2 Å². The molecule has 0 radical (unpaired) electrons. The average Bonchev–Trinajstić information content (AvgIpc) is 3.20. The molecule has 124 valence electrons. The van der Waals surface area contributed by atoms with Crippen molar-refractivity contribution in [3.8, 4) is 0 Å². The van der Waals surface area contributed by atoms with Crippen LogP contribution in [-0.2, 0) is 16.6 Å². The van der Waals surface area contributed by atoms with E-state index in [1.54, 1.807) is 22.0 Å². The fourth-order valence-corrected chi connectivity index (χ4v) is 5.31. The summed E-state index contributed by atoms with van der Waals surface area (Å²) in [7, 11) is -1.53. The Balaban J connectivity index is 1.55. The number of aromatic nitrogens is 2. The van der Waals surface area contributed by atoms with E-state index in [-0.39, 0.29) is 6.04 Å². The predicted molar refractivity (Wildman–Crippen MR) is 85.5 cm³/mol. The standard InChI is InChI=1S/C15H26N4O2S/c1-18(15-4-2-3-5-15)22(20,21)19-8-6-13(7-9-19)10-14-11-16-12-17-14/h11-13,15H,2-10H2,1H3,(H,16,17). The molecule has 2 aliphatic rings. The van der Waals surface area contributed by atoms with Gasteiger partial charge in [0, 0.05) is 38.1 Å². The third-order valence-electron chi connectivity index (χ3n) is 5.17. The molecule has 2 heterocycles. The second kappa shape index (κ2) is 6.68. The highest BCUT2D eigenvalue weighted by molar-refractivity contribution is 7.86. The zero-order valence-corrected chi connectivity index (χ0v) is 14.1. The SMILES string of the molecule is CN(C1CCCC1)S(=O)(=O)N1CCC(Cc2cnc[nH]2)CC1. The molecule has 0 amide bonds. The van der Waals surface area contributed by atoms with Gasteiger partial charge in [-0.1, -0.05) is 12.8 Å². The van der Waals surface area contributed by atoms with Crippen LogP contribution < -0.4 is 0 Å². The minimum absolute atomic E-state index is 0.202. The maximum absolute atomic E-state index is 12.7. The Bertz CT molecular complexity index is 558. The maximum atomic E-state index is 12.7. The first-order valence-corrected chi connectivity index (χ1v) is 9.67. The molecule has 0 spiro atoms. The van der Waals surface area contributed by atoms with Crippen molar-refractivity contribution >= 4 is 10.2 Å². The average molecular weight is 326 g/mol. The van der Waals surface area contributed by atoms with Crippen molar-refractivity contribution in [2.24, 2.45) is 5.92 Å². The van der Waals surface area contributed by atoms with Gasteiger partial charge in [-0.15, -0.1) is 0 Å². The molecule has 2 fully saturated rings. The van der Waals surface area contributed by atoms with E-state index in [1.807, 2.05) is 6.20 Å². The van der Waals surface area contributed by atoms with Gasteiger partial charge in [0.15, 0.2) is 0 Å². The number of hydrogen-bond donors (Lipinski definition) is 1. The van der Waals surface area contributed by atoms with Gasteiger partial charge < -0.3 is 4.98 Å². The molecular weight excluding hydrogens is 300 g/mol. The lowest BCUT2D eigenvalue weighted by molar-refractivity contribution is 0.247. The second-order valence-corrected chi connectivity index (χ2v) is 8.57. The summed E-state index contributed by atoms with van der Waals surface area (Å²) in [6.07, 6.45) is 10.7. The molecule has 7 heteroatoms. The number of hydrogen-bond acceptors (Lipinski definition) is 3. The molecule has 1 N–H and O–H groups in total. The van der Waals surface area contributed by atoms with Crippen molar-refractivity contribution in [1.82, 2.24) is 18.6 Å². The first-order valence-electron chi connectivity index (χ1n) is 8.27. The molecule has 1 aromatic rings. The Hall–Kier alpha value is -0.920. The van der Waals surface area contributed by atoms with E-state index in [4.69, 9.17) is 0 Å². The van der Waals surface area contributed by atoms with E-state index in [0.29, 0.717) is 19.0 Å². The molecule has 0 atom stereocenters. The molecule has 0 unspecified atom stereocenters. The highest BCUT2D eigenvalue weighted by Crippen LogP contribution is 2.28. The number of imidazole rings is 1. The Morgan fingerprint density at radius 2 is 1.95 bits per heavy atom. The summed E-state index contributed by atoms with van der Waals surface area (Å²) in [4.78, 5) is 7.17. The Labute approximate surface area is 133 Å². The lowest BCUT2D eigenvalue weighted by atomic mass is 9.93. The van der Waals surface area contributed by atoms with Gasteiger partial charge in [0.1, 0.15) is 0 Å². The second-order valence-electron chi connectivity index (χ2n) is 6.59. The van der Waals surface area contributed by atoms with E-state index in [9.17, 15) is 8.42 Å². The summed E-state index contributed by atoms with van der Waals surface area (Å²) in [5.74, 6) is 0.545. The molecule has 3 rings (SSSR count). The van der Waals surface area contributed by atoms with Crippen molar-refractivity contribution in [3.05, 3.63) is 18.2 Å². The van der Waals surface area contributed by atoms with Gasteiger partial charge >= 0.3 is 0 Å². The minimum Gasteiger partial charge on any atom is -0.348 e. The van der Waals surface area contributed by atoms with Crippen molar-refractivity contribution in [3.63, 3.8) is 0 Å². The monoisotopic (exact) mass is 326 g/mol. The van der Waals surface area contributed by atoms with Crippen LogP contribution in [-0.4, -0.2) is 53.2 Å². The van der Waals surface area contributed by atoms with Gasteiger partial charge in [-0.3, -0.25) is 0 Å². The first kappa shape index (κ1) is 16.0. The lowest BCUT2D eigenvalue weighted by Gasteiger charge is -2.35. The molecule has 0 bridgehead atoms. The third-order valence-corrected chi connectivity index (χ3v) is 7.21. The summed E-state index contributed by atoms with van der Waals surface area (Å²) in [6.45, 7) is 1.27. The first-order chi connectivity index (χ1) is 10.6. The quantitative estimate of drug-likeness (QED) is 0.897. The fourth-order valence-electron chi connectivity index (χ4n) is 3.69. The molecule has 22 heavy (non-hydrogen) atoms. The van der Waals surface area contributed by atoms with E-state index < -0.39 is 10.2 Å². The Morgan fingerprint density at radius 3 is 2.55 bits per heavy atom. The van der Waals surface area contributed by atoms with Gasteiger partial charge in [-0.05, 0) is 38.0 Å². The van der Waals surface area contributed by atoms with Gasteiger partial charge in [0.25, 0.3) is 10.2 Å². The Morgan fingerprint density at radius 1 is 1.27 bits per heavy atom. The number of rotatable bonds is 5. The van der Waals surface area contributed by atoms with Gasteiger partial charge in [0.2, 0.25) is 0 Å². The highest BCUT2D eigenvalue weighted by Gasteiger charge is 2.35. The molecule has 0 aromatic carbocycles.